The molecule has 1 fully saturated rings. The quantitative estimate of drug-likeness (QED) is 0.592. The summed E-state index contributed by atoms with van der Waals surface area (Å²) in [5.41, 5.74) is 4.39. The molecule has 0 amide bonds. The monoisotopic (exact) mass is 424 g/mol. The van der Waals surface area contributed by atoms with Crippen LogP contribution in [0.2, 0.25) is 0 Å². The van der Waals surface area contributed by atoms with Crippen LogP contribution in [-0.2, 0) is 11.8 Å². The van der Waals surface area contributed by atoms with E-state index in [-0.39, 0.29) is 12.3 Å². The van der Waals surface area contributed by atoms with Gasteiger partial charge in [-0.2, -0.15) is 10.2 Å². The second kappa shape index (κ2) is 9.20. The molecule has 2 atom stereocenters. The summed E-state index contributed by atoms with van der Waals surface area (Å²) in [5, 5.41) is 13.7. The van der Waals surface area contributed by atoms with Gasteiger partial charge < -0.3 is 14.8 Å². The maximum atomic E-state index is 6.26. The number of pyridine rings is 1. The number of rotatable bonds is 8. The second-order valence-electron chi connectivity index (χ2n) is 8.07. The third kappa shape index (κ3) is 4.22. The predicted molar refractivity (Wildman–Crippen MR) is 122 cm³/mol. The van der Waals surface area contributed by atoms with Crippen molar-refractivity contribution in [2.45, 2.75) is 52.4 Å². The van der Waals surface area contributed by atoms with Crippen LogP contribution in [0.4, 0.5) is 0 Å². The first-order chi connectivity index (χ1) is 15.0. The molecular formula is C23H32N6O2. The highest BCUT2D eigenvalue weighted by molar-refractivity contribution is 5.90. The Labute approximate surface area is 183 Å². The summed E-state index contributed by atoms with van der Waals surface area (Å²) in [7, 11) is 1.90. The lowest BCUT2D eigenvalue weighted by molar-refractivity contribution is -0.0367. The van der Waals surface area contributed by atoms with E-state index in [1.165, 1.54) is 0 Å². The largest absolute Gasteiger partial charge is 0.473 e. The van der Waals surface area contributed by atoms with Crippen LogP contribution in [0.3, 0.4) is 0 Å². The van der Waals surface area contributed by atoms with Crippen LogP contribution in [0.15, 0.2) is 18.8 Å². The summed E-state index contributed by atoms with van der Waals surface area (Å²) in [4.78, 5) is 4.78. The van der Waals surface area contributed by atoms with Crippen molar-refractivity contribution in [3.8, 4) is 17.1 Å². The minimum absolute atomic E-state index is 0.00664. The Morgan fingerprint density at radius 1 is 1.39 bits per heavy atom. The first-order valence-corrected chi connectivity index (χ1v) is 11.1. The molecule has 3 aromatic heterocycles. The molecule has 4 rings (SSSR count). The van der Waals surface area contributed by atoms with Crippen molar-refractivity contribution >= 4 is 17.0 Å². The van der Waals surface area contributed by atoms with Crippen LogP contribution in [-0.4, -0.2) is 50.3 Å². The van der Waals surface area contributed by atoms with E-state index in [1.807, 2.05) is 24.9 Å². The Morgan fingerprint density at radius 2 is 2.23 bits per heavy atom. The molecule has 0 saturated carbocycles. The van der Waals surface area contributed by atoms with E-state index in [2.05, 4.69) is 36.9 Å². The zero-order chi connectivity index (χ0) is 22.0. The number of hydrogen-bond acceptors (Lipinski definition) is 6. The molecule has 1 aliphatic heterocycles. The minimum atomic E-state index is -0.0523. The zero-order valence-electron chi connectivity index (χ0n) is 18.9. The van der Waals surface area contributed by atoms with Gasteiger partial charge in [-0.15, -0.1) is 0 Å². The van der Waals surface area contributed by atoms with Gasteiger partial charge in [0, 0.05) is 25.6 Å². The van der Waals surface area contributed by atoms with Gasteiger partial charge in [0.05, 0.1) is 34.4 Å². The van der Waals surface area contributed by atoms with Gasteiger partial charge >= 0.3 is 0 Å². The van der Waals surface area contributed by atoms with Crippen LogP contribution in [0.25, 0.3) is 28.2 Å². The molecule has 2 unspecified atom stereocenters. The van der Waals surface area contributed by atoms with E-state index in [1.54, 1.807) is 10.8 Å². The summed E-state index contributed by atoms with van der Waals surface area (Å²) in [6.45, 7) is 12.5. The molecule has 1 N–H and O–H groups in total. The van der Waals surface area contributed by atoms with Crippen molar-refractivity contribution in [1.29, 1.82) is 0 Å². The summed E-state index contributed by atoms with van der Waals surface area (Å²) in [5.74, 6) is 0.720. The average Bonchev–Trinajstić information content (AvgIpc) is 3.28. The van der Waals surface area contributed by atoms with Crippen molar-refractivity contribution in [3.63, 3.8) is 0 Å². The number of nitrogens with zero attached hydrogens (tertiary/aromatic N) is 5. The number of hydrogen-bond donors (Lipinski definition) is 1. The average molecular weight is 425 g/mol. The fourth-order valence-corrected chi connectivity index (χ4v) is 4.13. The zero-order valence-corrected chi connectivity index (χ0v) is 18.9. The van der Waals surface area contributed by atoms with Gasteiger partial charge in [0.25, 0.3) is 0 Å². The molecule has 4 heterocycles. The number of fused-ring (bicyclic) bond motifs is 1. The molecular weight excluding hydrogens is 392 g/mol. The lowest BCUT2D eigenvalue weighted by Crippen LogP contribution is -2.29. The Kier molecular flexibility index (Phi) is 6.38. The molecule has 1 saturated heterocycles. The van der Waals surface area contributed by atoms with E-state index in [4.69, 9.17) is 19.6 Å². The summed E-state index contributed by atoms with van der Waals surface area (Å²) in [6, 6.07) is 2.06. The Bertz CT molecular complexity index is 1060. The summed E-state index contributed by atoms with van der Waals surface area (Å²) < 4.78 is 16.0. The van der Waals surface area contributed by atoms with Crippen LogP contribution < -0.4 is 10.1 Å². The van der Waals surface area contributed by atoms with Crippen molar-refractivity contribution in [2.75, 3.05) is 19.7 Å². The SMILES string of the molecule is C=Cc1nn(C2CCCCO2)c2cnc(-c3c(C)nn(C)c3OC(C)CNCC)cc12. The van der Waals surface area contributed by atoms with Crippen molar-refractivity contribution in [2.24, 2.45) is 7.05 Å². The molecule has 8 nitrogen and oxygen atoms in total. The standard InChI is InChI=1S/C23H32N6O2/c1-6-18-17-12-19(25-14-20(17)29(27-18)21-10-8-9-11-30-21)22-16(4)26-28(5)23(22)31-15(3)13-24-7-2/h6,12,14-15,21,24H,1,7-11,13H2,2-5H3. The Hall–Kier alpha value is -2.71. The molecule has 31 heavy (non-hydrogen) atoms. The smallest absolute Gasteiger partial charge is 0.221 e. The number of nitrogens with one attached hydrogen (secondary N) is 1. The van der Waals surface area contributed by atoms with Crippen molar-refractivity contribution in [3.05, 3.63) is 30.2 Å². The predicted octanol–water partition coefficient (Wildman–Crippen LogP) is 3.86. The lowest BCUT2D eigenvalue weighted by atomic mass is 10.1. The first-order valence-electron chi connectivity index (χ1n) is 11.1. The molecule has 0 bridgehead atoms. The van der Waals surface area contributed by atoms with E-state index in [0.717, 1.165) is 78.4 Å². The Morgan fingerprint density at radius 3 is 2.94 bits per heavy atom. The minimum Gasteiger partial charge on any atom is -0.473 e. The molecule has 0 spiro atoms. The van der Waals surface area contributed by atoms with Gasteiger partial charge in [-0.3, -0.25) is 4.98 Å². The molecule has 0 aromatic carbocycles. The van der Waals surface area contributed by atoms with Gasteiger partial charge in [0.1, 0.15) is 6.10 Å². The third-order valence-electron chi connectivity index (χ3n) is 5.66. The van der Waals surface area contributed by atoms with E-state index in [0.29, 0.717) is 0 Å². The maximum Gasteiger partial charge on any atom is 0.221 e. The molecule has 0 aliphatic carbocycles. The first kappa shape index (κ1) is 21.5. The van der Waals surface area contributed by atoms with Crippen molar-refractivity contribution in [1.82, 2.24) is 29.9 Å². The molecule has 3 aromatic rings. The topological polar surface area (TPSA) is 79.0 Å². The fourth-order valence-electron chi connectivity index (χ4n) is 4.13. The lowest BCUT2D eigenvalue weighted by Gasteiger charge is -2.23. The third-order valence-corrected chi connectivity index (χ3v) is 5.66. The van der Waals surface area contributed by atoms with Crippen LogP contribution in [0.5, 0.6) is 5.88 Å². The summed E-state index contributed by atoms with van der Waals surface area (Å²) in [6.07, 6.45) is 6.82. The molecule has 1 aliphatic rings. The molecule has 166 valence electrons. The van der Waals surface area contributed by atoms with Crippen LogP contribution in [0.1, 0.15) is 50.7 Å². The summed E-state index contributed by atoms with van der Waals surface area (Å²) >= 11 is 0. The highest BCUT2D eigenvalue weighted by atomic mass is 16.5. The van der Waals surface area contributed by atoms with E-state index in [9.17, 15) is 0 Å². The fraction of sp³-hybridized carbons (Fsp3) is 0.522. The number of aryl methyl sites for hydroxylation is 2. The number of aromatic nitrogens is 5. The Balaban J connectivity index is 1.74. The van der Waals surface area contributed by atoms with E-state index < -0.39 is 0 Å². The maximum absolute atomic E-state index is 6.26. The van der Waals surface area contributed by atoms with Gasteiger partial charge in [0.15, 0.2) is 6.23 Å². The van der Waals surface area contributed by atoms with E-state index >= 15 is 0 Å². The highest BCUT2D eigenvalue weighted by Gasteiger charge is 2.24. The van der Waals surface area contributed by atoms with Crippen LogP contribution in [0, 0.1) is 6.92 Å². The highest BCUT2D eigenvalue weighted by Crippen LogP contribution is 2.35. The second-order valence-corrected chi connectivity index (χ2v) is 8.07. The normalized spacial score (nSPS) is 17.7. The van der Waals surface area contributed by atoms with Gasteiger partial charge in [-0.05, 0) is 51.8 Å². The molecule has 0 radical (unpaired) electrons. The van der Waals surface area contributed by atoms with Gasteiger partial charge in [0.2, 0.25) is 5.88 Å². The van der Waals surface area contributed by atoms with Crippen molar-refractivity contribution < 1.29 is 9.47 Å². The number of likely N-dealkylation sites (N-methyl/N-ethyl adjacent to an activating group) is 1. The number of ether oxygens (including phenoxy) is 2. The van der Waals surface area contributed by atoms with Gasteiger partial charge in [-0.25, -0.2) is 9.36 Å². The van der Waals surface area contributed by atoms with Gasteiger partial charge in [-0.1, -0.05) is 13.5 Å². The van der Waals surface area contributed by atoms with Crippen LogP contribution >= 0.6 is 0 Å². The molecule has 8 heteroatoms.